The van der Waals surface area contributed by atoms with Crippen molar-refractivity contribution in [1.82, 2.24) is 0 Å². The lowest BCUT2D eigenvalue weighted by Crippen LogP contribution is -1.73. The Kier molecular flexibility index (Phi) is 5.19. The van der Waals surface area contributed by atoms with Crippen molar-refractivity contribution in [2.24, 2.45) is 0 Å². The van der Waals surface area contributed by atoms with E-state index in [1.165, 1.54) is 11.1 Å². The molecule has 0 aliphatic carbocycles. The fraction of sp³-hybridized carbons (Fsp3) is 0. The van der Waals surface area contributed by atoms with Crippen LogP contribution < -0.4 is 0 Å². The summed E-state index contributed by atoms with van der Waals surface area (Å²) in [6.07, 6.45) is 0. The van der Waals surface area contributed by atoms with E-state index in [1.807, 2.05) is 12.1 Å². The van der Waals surface area contributed by atoms with E-state index < -0.39 is 11.5 Å². The normalized spacial score (nSPS) is 9.60. The monoisotopic (exact) mass is 219 g/mol. The van der Waals surface area contributed by atoms with E-state index in [9.17, 15) is 0 Å². The highest BCUT2D eigenvalue weighted by Crippen LogP contribution is 2.17. The van der Waals surface area contributed by atoms with Crippen molar-refractivity contribution >= 4 is 11.5 Å². The minimum atomic E-state index is -0.917. The maximum Gasteiger partial charge on any atom is 0.0218 e. The van der Waals surface area contributed by atoms with Gasteiger partial charge in [-0.3, -0.25) is 8.99 Å². The summed E-state index contributed by atoms with van der Waals surface area (Å²) in [7, 11) is 0. The van der Waals surface area contributed by atoms with Crippen LogP contribution in [0.5, 0.6) is 0 Å². The lowest BCUT2D eigenvalue weighted by Gasteiger charge is -1.98. The minimum Gasteiger partial charge on any atom is -0.258 e. The van der Waals surface area contributed by atoms with Gasteiger partial charge in [-0.2, -0.15) is 0 Å². The zero-order valence-electron chi connectivity index (χ0n) is 8.18. The van der Waals surface area contributed by atoms with Crippen molar-refractivity contribution in [2.75, 3.05) is 0 Å². The van der Waals surface area contributed by atoms with Gasteiger partial charge in [0.15, 0.2) is 0 Å². The van der Waals surface area contributed by atoms with E-state index in [-0.39, 0.29) is 0 Å². The van der Waals surface area contributed by atoms with Crippen molar-refractivity contribution in [1.29, 1.82) is 4.78 Å². The van der Waals surface area contributed by atoms with Crippen LogP contribution in [0.1, 0.15) is 0 Å². The zero-order chi connectivity index (χ0) is 10.9. The number of hydrogen-bond acceptors (Lipinski definition) is 2. The number of benzene rings is 2. The quantitative estimate of drug-likeness (QED) is 0.787. The van der Waals surface area contributed by atoms with Crippen molar-refractivity contribution in [3.63, 3.8) is 0 Å². The molecule has 78 valence electrons. The Morgan fingerprint density at radius 2 is 1.00 bits per heavy atom. The Balaban J connectivity index is 0.000000337. The summed E-state index contributed by atoms with van der Waals surface area (Å²) in [5, 5.41) is 0. The molecule has 1 N–H and O–H groups in total. The molecule has 0 spiro atoms. The summed E-state index contributed by atoms with van der Waals surface area (Å²) in [5.41, 5.74) is 2.55. The van der Waals surface area contributed by atoms with Gasteiger partial charge < -0.3 is 0 Å². The van der Waals surface area contributed by atoms with Crippen LogP contribution in [0.25, 0.3) is 11.1 Å². The van der Waals surface area contributed by atoms with Gasteiger partial charge in [0.2, 0.25) is 0 Å². The molecular formula is C12H13NOS. The highest BCUT2D eigenvalue weighted by Gasteiger charge is 1.91. The smallest absolute Gasteiger partial charge is 0.0218 e. The second-order valence-electron chi connectivity index (χ2n) is 2.83. The first-order valence-corrected chi connectivity index (χ1v) is 5.43. The van der Waals surface area contributed by atoms with Gasteiger partial charge in [-0.15, -0.1) is 0 Å². The van der Waals surface area contributed by atoms with Crippen molar-refractivity contribution in [3.05, 3.63) is 60.7 Å². The first-order valence-electron chi connectivity index (χ1n) is 4.53. The third-order valence-corrected chi connectivity index (χ3v) is 1.88. The highest BCUT2D eigenvalue weighted by molar-refractivity contribution is 7.53. The van der Waals surface area contributed by atoms with Crippen LogP contribution in [0.3, 0.4) is 0 Å². The van der Waals surface area contributed by atoms with Gasteiger partial charge in [-0.05, 0) is 11.1 Å². The third-order valence-electron chi connectivity index (χ3n) is 1.88. The van der Waals surface area contributed by atoms with Gasteiger partial charge in [0.05, 0.1) is 0 Å². The molecule has 0 aromatic heterocycles. The molecule has 0 saturated carbocycles. The van der Waals surface area contributed by atoms with Crippen LogP contribution in [0.2, 0.25) is 0 Å². The molecule has 0 unspecified atom stereocenters. The molecule has 15 heavy (non-hydrogen) atoms. The highest BCUT2D eigenvalue weighted by atomic mass is 32.1. The average Bonchev–Trinajstić information content (AvgIpc) is 2.32. The van der Waals surface area contributed by atoms with Gasteiger partial charge in [-0.1, -0.05) is 60.7 Å². The summed E-state index contributed by atoms with van der Waals surface area (Å²) in [4.78, 5) is 0. The number of hydrogen-bond donors (Lipinski definition) is 1. The van der Waals surface area contributed by atoms with Crippen LogP contribution in [0, 0.1) is 4.78 Å². The van der Waals surface area contributed by atoms with Gasteiger partial charge in [0.25, 0.3) is 0 Å². The minimum absolute atomic E-state index is 0.917. The predicted molar refractivity (Wildman–Crippen MR) is 65.5 cm³/mol. The van der Waals surface area contributed by atoms with Crippen molar-refractivity contribution in [3.8, 4) is 11.1 Å². The van der Waals surface area contributed by atoms with Gasteiger partial charge in [0, 0.05) is 11.5 Å². The summed E-state index contributed by atoms with van der Waals surface area (Å²) < 4.78 is 14.3. The van der Waals surface area contributed by atoms with Gasteiger partial charge in [-0.25, -0.2) is 0 Å². The van der Waals surface area contributed by atoms with E-state index in [1.54, 1.807) is 0 Å². The summed E-state index contributed by atoms with van der Waals surface area (Å²) in [6.45, 7) is 0. The van der Waals surface area contributed by atoms with E-state index in [2.05, 4.69) is 48.5 Å². The zero-order valence-corrected chi connectivity index (χ0v) is 9.18. The van der Waals surface area contributed by atoms with E-state index >= 15 is 0 Å². The Morgan fingerprint density at radius 3 is 1.27 bits per heavy atom. The van der Waals surface area contributed by atoms with E-state index in [0.717, 1.165) is 0 Å². The van der Waals surface area contributed by atoms with Crippen molar-refractivity contribution in [2.45, 2.75) is 0 Å². The SMILES string of the molecule is N=[SH2]=O.c1ccc(-c2ccccc2)cc1. The molecule has 0 aliphatic heterocycles. The number of nitrogens with one attached hydrogen (secondary N) is 1. The molecule has 0 heterocycles. The molecule has 0 aliphatic rings. The first-order chi connectivity index (χ1) is 7.38. The van der Waals surface area contributed by atoms with Crippen LogP contribution in [0.15, 0.2) is 60.7 Å². The summed E-state index contributed by atoms with van der Waals surface area (Å²) in [6, 6.07) is 20.8. The lowest BCUT2D eigenvalue weighted by molar-refractivity contribution is 0.697. The first kappa shape index (κ1) is 11.5. The standard InChI is InChI=1S/C12H10.H3NOS/c1-3-7-11(8-4-1)12-9-5-2-6-10-12;1-3-2/h1-10H;1H,3H2. The Morgan fingerprint density at radius 1 is 0.733 bits per heavy atom. The molecule has 0 radical (unpaired) electrons. The van der Waals surface area contributed by atoms with E-state index in [0.29, 0.717) is 0 Å². The molecule has 3 heteroatoms. The fourth-order valence-corrected chi connectivity index (χ4v) is 1.26. The van der Waals surface area contributed by atoms with Crippen LogP contribution in [-0.4, -0.2) is 4.21 Å². The molecule has 2 rings (SSSR count). The second-order valence-corrected chi connectivity index (χ2v) is 3.04. The van der Waals surface area contributed by atoms with Gasteiger partial charge in [0.1, 0.15) is 0 Å². The summed E-state index contributed by atoms with van der Waals surface area (Å²) >= 11 is -0.917. The molecule has 0 bridgehead atoms. The Bertz CT molecular complexity index is 384. The molecule has 2 aromatic rings. The maximum atomic E-state index is 8.62. The molecule has 0 fully saturated rings. The Labute approximate surface area is 92.6 Å². The average molecular weight is 219 g/mol. The second kappa shape index (κ2) is 6.79. The molecule has 2 aromatic carbocycles. The number of rotatable bonds is 1. The van der Waals surface area contributed by atoms with E-state index in [4.69, 9.17) is 8.99 Å². The lowest BCUT2D eigenvalue weighted by atomic mass is 10.1. The largest absolute Gasteiger partial charge is 0.258 e. The van der Waals surface area contributed by atoms with Crippen LogP contribution in [-0.2, 0) is 11.5 Å². The maximum absolute atomic E-state index is 8.62. The molecule has 2 nitrogen and oxygen atoms in total. The van der Waals surface area contributed by atoms with Crippen molar-refractivity contribution < 1.29 is 4.21 Å². The summed E-state index contributed by atoms with van der Waals surface area (Å²) in [5.74, 6) is 0. The van der Waals surface area contributed by atoms with Crippen LogP contribution >= 0.6 is 0 Å². The molecule has 0 saturated heterocycles. The molecular weight excluding hydrogens is 206 g/mol. The predicted octanol–water partition coefficient (Wildman–Crippen LogP) is 2.78. The third kappa shape index (κ3) is 3.95. The van der Waals surface area contributed by atoms with Crippen LogP contribution in [0.4, 0.5) is 0 Å². The molecule has 0 atom stereocenters. The van der Waals surface area contributed by atoms with Gasteiger partial charge >= 0.3 is 0 Å². The molecule has 0 amide bonds. The topological polar surface area (TPSA) is 40.9 Å². The Hall–Kier alpha value is -1.61. The fourth-order valence-electron chi connectivity index (χ4n) is 1.26.